The Labute approximate surface area is 370 Å². The Morgan fingerprint density at radius 2 is 0.719 bits per heavy atom. The molecular formula is C48H95IN2O6+2. The second-order valence-corrected chi connectivity index (χ2v) is 17.9. The first-order valence-corrected chi connectivity index (χ1v) is 23.5. The number of ether oxygens (including phenoxy) is 2. The highest BCUT2D eigenvalue weighted by Crippen LogP contribution is 2.19. The van der Waals surface area contributed by atoms with Crippen LogP contribution in [0.1, 0.15) is 194 Å². The minimum Gasteiger partial charge on any atom is -0.452 e. The number of halogens is 1. The van der Waals surface area contributed by atoms with Crippen LogP contribution in [0.5, 0.6) is 0 Å². The molecule has 9 heteroatoms. The lowest BCUT2D eigenvalue weighted by molar-refractivity contribution is -0.901. The maximum absolute atomic E-state index is 13.3. The molecular weight excluding hydrogens is 827 g/mol. The van der Waals surface area contributed by atoms with Crippen molar-refractivity contribution < 1.29 is 38.2 Å². The average molecular weight is 923 g/mol. The molecule has 0 aliphatic heterocycles. The molecule has 2 unspecified atom stereocenters. The Balaban J connectivity index is 0. The Morgan fingerprint density at radius 3 is 1.00 bits per heavy atom. The van der Waals surface area contributed by atoms with Crippen molar-refractivity contribution in [3.05, 3.63) is 24.3 Å². The van der Waals surface area contributed by atoms with E-state index >= 15 is 0 Å². The highest BCUT2D eigenvalue weighted by molar-refractivity contribution is 14.0. The van der Waals surface area contributed by atoms with Gasteiger partial charge in [-0.15, -0.1) is 24.0 Å². The number of aliphatic hydroxyl groups is 2. The van der Waals surface area contributed by atoms with Gasteiger partial charge in [0.05, 0.1) is 41.4 Å². The summed E-state index contributed by atoms with van der Waals surface area (Å²) in [4.78, 5) is 26.5. The van der Waals surface area contributed by atoms with Crippen molar-refractivity contribution >= 4 is 35.9 Å². The van der Waals surface area contributed by atoms with Crippen molar-refractivity contribution in [2.75, 3.05) is 67.6 Å². The number of quaternary nitrogens is 2. The molecule has 0 aromatic carbocycles. The summed E-state index contributed by atoms with van der Waals surface area (Å²) >= 11 is 0. The van der Waals surface area contributed by atoms with E-state index in [9.17, 15) is 19.8 Å². The number of esters is 2. The number of carbonyl (C=O) groups excluding carboxylic acids is 2. The summed E-state index contributed by atoms with van der Waals surface area (Å²) in [6, 6.07) is 0. The molecule has 57 heavy (non-hydrogen) atoms. The van der Waals surface area contributed by atoms with E-state index in [1.165, 1.54) is 116 Å². The maximum atomic E-state index is 13.3. The summed E-state index contributed by atoms with van der Waals surface area (Å²) < 4.78 is 13.2. The smallest absolute Gasteiger partial charge is 0.306 e. The maximum Gasteiger partial charge on any atom is 0.306 e. The quantitative estimate of drug-likeness (QED) is 0.0209. The number of hydrogen-bond acceptors (Lipinski definition) is 6. The van der Waals surface area contributed by atoms with E-state index in [1.807, 2.05) is 28.2 Å². The molecule has 0 radical (unpaired) electrons. The minimum absolute atomic E-state index is 0. The summed E-state index contributed by atoms with van der Waals surface area (Å²) in [5.74, 6) is -0.523. The van der Waals surface area contributed by atoms with Crippen molar-refractivity contribution in [1.29, 1.82) is 0 Å². The van der Waals surface area contributed by atoms with Crippen LogP contribution in [-0.4, -0.2) is 111 Å². The SMILES string of the molecule is CCCCCCCCC=CCCCCCCCC(=O)OC(C[N+](C)(C)CCO)C(C[N+](C)(C)CCO)OC(=O)CCCCCCCC=CCCCCCCCC.I. The standard InChI is InChI=1S/C48H94N2O6.HI/c1-7-9-11-13-15-17-19-21-23-25-27-29-31-33-35-37-47(53)55-45(43-49(3,4)39-41-51)46(44-50(5,6)40-42-52)56-48(54)38-36-34-32-30-28-26-24-22-20-18-16-14-12-10-8-2;/h21-24,45-46,51-52H,7-20,25-44H2,1-6H3;1H/q+2;. The highest BCUT2D eigenvalue weighted by atomic mass is 127. The number of hydrogen-bond donors (Lipinski definition) is 2. The molecule has 0 aliphatic rings. The Morgan fingerprint density at radius 1 is 0.456 bits per heavy atom. The largest absolute Gasteiger partial charge is 0.452 e. The van der Waals surface area contributed by atoms with Crippen LogP contribution in [0.3, 0.4) is 0 Å². The van der Waals surface area contributed by atoms with E-state index in [2.05, 4.69) is 38.2 Å². The Hall–Kier alpha value is -1.01. The third-order valence-corrected chi connectivity index (χ3v) is 11.0. The van der Waals surface area contributed by atoms with Gasteiger partial charge in [-0.2, -0.15) is 0 Å². The first kappa shape index (κ1) is 58.1. The number of nitrogens with zero attached hydrogens (tertiary/aromatic N) is 2. The van der Waals surface area contributed by atoms with Crippen LogP contribution in [0.4, 0.5) is 0 Å². The Kier molecular flexibility index (Phi) is 41.2. The monoisotopic (exact) mass is 923 g/mol. The van der Waals surface area contributed by atoms with Crippen LogP contribution in [0.2, 0.25) is 0 Å². The number of likely N-dealkylation sites (N-methyl/N-ethyl adjacent to an activating group) is 2. The van der Waals surface area contributed by atoms with Gasteiger partial charge in [-0.25, -0.2) is 0 Å². The van der Waals surface area contributed by atoms with E-state index < -0.39 is 12.2 Å². The van der Waals surface area contributed by atoms with Crippen LogP contribution >= 0.6 is 24.0 Å². The van der Waals surface area contributed by atoms with Crippen molar-refractivity contribution in [2.45, 2.75) is 206 Å². The van der Waals surface area contributed by atoms with Gasteiger partial charge in [-0.1, -0.05) is 141 Å². The first-order valence-electron chi connectivity index (χ1n) is 23.5. The number of aliphatic hydroxyl groups excluding tert-OH is 2. The van der Waals surface area contributed by atoms with Crippen LogP contribution < -0.4 is 0 Å². The van der Waals surface area contributed by atoms with E-state index in [0.29, 0.717) is 48.0 Å². The van der Waals surface area contributed by atoms with Crippen molar-refractivity contribution in [3.63, 3.8) is 0 Å². The molecule has 0 heterocycles. The second kappa shape index (κ2) is 40.4. The molecule has 338 valence electrons. The van der Waals surface area contributed by atoms with Gasteiger partial charge in [0.2, 0.25) is 0 Å². The fourth-order valence-electron chi connectivity index (χ4n) is 7.30. The molecule has 0 aromatic heterocycles. The van der Waals surface area contributed by atoms with Gasteiger partial charge >= 0.3 is 11.9 Å². The fraction of sp³-hybridized carbons (Fsp3) is 0.875. The average Bonchev–Trinajstić information content (AvgIpc) is 3.14. The third kappa shape index (κ3) is 38.9. The Bertz CT molecular complexity index is 897. The van der Waals surface area contributed by atoms with Gasteiger partial charge < -0.3 is 28.7 Å². The van der Waals surface area contributed by atoms with Crippen LogP contribution in [0.15, 0.2) is 24.3 Å². The summed E-state index contributed by atoms with van der Waals surface area (Å²) in [7, 11) is 8.00. The van der Waals surface area contributed by atoms with Gasteiger partial charge in [0.1, 0.15) is 26.2 Å². The van der Waals surface area contributed by atoms with Gasteiger partial charge in [0.25, 0.3) is 0 Å². The van der Waals surface area contributed by atoms with E-state index in [1.54, 1.807) is 0 Å². The van der Waals surface area contributed by atoms with Crippen LogP contribution in [-0.2, 0) is 19.1 Å². The van der Waals surface area contributed by atoms with Crippen LogP contribution in [0.25, 0.3) is 0 Å². The molecule has 0 rings (SSSR count). The van der Waals surface area contributed by atoms with Crippen molar-refractivity contribution in [2.24, 2.45) is 0 Å². The topological polar surface area (TPSA) is 93.1 Å². The molecule has 0 amide bonds. The molecule has 0 aliphatic carbocycles. The van der Waals surface area contributed by atoms with E-state index in [4.69, 9.17) is 9.47 Å². The van der Waals surface area contributed by atoms with Gasteiger partial charge in [0.15, 0.2) is 12.2 Å². The summed E-state index contributed by atoms with van der Waals surface area (Å²) in [5.41, 5.74) is 0. The van der Waals surface area contributed by atoms with E-state index in [-0.39, 0.29) is 49.1 Å². The molecule has 2 N–H and O–H groups in total. The van der Waals surface area contributed by atoms with Crippen molar-refractivity contribution in [1.82, 2.24) is 0 Å². The number of allylic oxidation sites excluding steroid dienone is 4. The summed E-state index contributed by atoms with van der Waals surface area (Å²) in [6.07, 6.45) is 39.9. The molecule has 0 saturated carbocycles. The summed E-state index contributed by atoms with van der Waals surface area (Å²) in [6.45, 7) is 6.36. The number of carbonyl (C=O) groups is 2. The first-order chi connectivity index (χ1) is 27.0. The van der Waals surface area contributed by atoms with Gasteiger partial charge in [0, 0.05) is 12.8 Å². The van der Waals surface area contributed by atoms with Gasteiger partial charge in [-0.3, -0.25) is 9.59 Å². The molecule has 2 atom stereocenters. The molecule has 0 fully saturated rings. The number of unbranched alkanes of at least 4 members (excludes halogenated alkanes) is 22. The second-order valence-electron chi connectivity index (χ2n) is 17.9. The molecule has 0 saturated heterocycles. The zero-order valence-electron chi connectivity index (χ0n) is 38.3. The zero-order chi connectivity index (χ0) is 41.6. The lowest BCUT2D eigenvalue weighted by Gasteiger charge is -2.38. The lowest BCUT2D eigenvalue weighted by Crippen LogP contribution is -2.57. The molecule has 0 spiro atoms. The van der Waals surface area contributed by atoms with Crippen LogP contribution in [0, 0.1) is 0 Å². The third-order valence-electron chi connectivity index (χ3n) is 11.0. The summed E-state index contributed by atoms with van der Waals surface area (Å²) in [5, 5.41) is 19.5. The fourth-order valence-corrected chi connectivity index (χ4v) is 7.30. The van der Waals surface area contributed by atoms with Gasteiger partial charge in [-0.05, 0) is 64.2 Å². The highest BCUT2D eigenvalue weighted by Gasteiger charge is 2.38. The number of rotatable bonds is 41. The molecule has 0 bridgehead atoms. The molecule has 8 nitrogen and oxygen atoms in total. The lowest BCUT2D eigenvalue weighted by atomic mass is 10.1. The normalized spacial score (nSPS) is 13.3. The molecule has 0 aromatic rings. The minimum atomic E-state index is -0.652. The van der Waals surface area contributed by atoms with Crippen molar-refractivity contribution in [3.8, 4) is 0 Å². The predicted octanol–water partition coefficient (Wildman–Crippen LogP) is 11.6. The zero-order valence-corrected chi connectivity index (χ0v) is 40.7. The van der Waals surface area contributed by atoms with E-state index in [0.717, 1.165) is 51.4 Å². The predicted molar refractivity (Wildman–Crippen MR) is 252 cm³/mol.